The first-order valence-corrected chi connectivity index (χ1v) is 17.4. The Morgan fingerprint density at radius 2 is 1.18 bits per heavy atom. The van der Waals surface area contributed by atoms with Gasteiger partial charge in [0.25, 0.3) is 27.7 Å². The molecule has 3 amide bonds. The zero-order valence-electron chi connectivity index (χ0n) is 29.2. The number of sulfonamides is 1. The quantitative estimate of drug-likeness (QED) is 0.136. The minimum Gasteiger partial charge on any atom is -0.377 e. The van der Waals surface area contributed by atoms with Gasteiger partial charge >= 0.3 is 0 Å². The summed E-state index contributed by atoms with van der Waals surface area (Å²) in [6.45, 7) is 1.39. The number of carbonyl (C=O) groups excluding carboxylic acids is 3. The van der Waals surface area contributed by atoms with Crippen molar-refractivity contribution in [3.63, 3.8) is 0 Å². The lowest BCUT2D eigenvalue weighted by Crippen LogP contribution is -2.28. The Bertz CT molecular complexity index is 2180. The highest BCUT2D eigenvalue weighted by Crippen LogP contribution is 2.31. The van der Waals surface area contributed by atoms with Gasteiger partial charge in [-0.05, 0) is 57.4 Å². The molecule has 5 aromatic rings. The van der Waals surface area contributed by atoms with Gasteiger partial charge < -0.3 is 39.5 Å². The number of nitrogens with zero attached hydrogens (tertiary/aromatic N) is 5. The normalized spacial score (nSPS) is 11.5. The fourth-order valence-electron chi connectivity index (χ4n) is 5.74. The second-order valence-corrected chi connectivity index (χ2v) is 14.3. The van der Waals surface area contributed by atoms with Crippen LogP contribution in [-0.2, 0) is 31.2 Å². The Balaban J connectivity index is 1.25. The molecule has 15 heteroatoms. The molecule has 0 saturated carbocycles. The Labute approximate surface area is 291 Å². The minimum absolute atomic E-state index is 0.120. The van der Waals surface area contributed by atoms with Crippen LogP contribution >= 0.6 is 0 Å². The van der Waals surface area contributed by atoms with Crippen molar-refractivity contribution in [3.8, 4) is 0 Å². The van der Waals surface area contributed by atoms with E-state index in [4.69, 9.17) is 0 Å². The molecule has 4 N–H and O–H groups in total. The summed E-state index contributed by atoms with van der Waals surface area (Å²) < 4.78 is 34.4. The third-order valence-corrected chi connectivity index (χ3v) is 9.62. The third kappa shape index (κ3) is 7.84. The van der Waals surface area contributed by atoms with E-state index < -0.39 is 21.8 Å². The predicted octanol–water partition coefficient (Wildman–Crippen LogP) is 3.91. The molecule has 264 valence electrons. The molecule has 0 aliphatic heterocycles. The molecule has 3 aromatic heterocycles. The lowest BCUT2D eigenvalue weighted by molar-refractivity contribution is 0.0942. The molecule has 0 aliphatic rings. The lowest BCUT2D eigenvalue weighted by atomic mass is 10.1. The van der Waals surface area contributed by atoms with E-state index in [-0.39, 0.29) is 27.9 Å². The molecule has 5 rings (SSSR count). The molecule has 0 saturated heterocycles. The average Bonchev–Trinajstić information content (AvgIpc) is 3.72. The Hall–Kier alpha value is -5.54. The Morgan fingerprint density at radius 1 is 0.680 bits per heavy atom. The van der Waals surface area contributed by atoms with Crippen LogP contribution in [-0.4, -0.2) is 86.0 Å². The van der Waals surface area contributed by atoms with Crippen LogP contribution in [0.25, 0.3) is 10.8 Å². The first-order valence-electron chi connectivity index (χ1n) is 15.9. The van der Waals surface area contributed by atoms with E-state index >= 15 is 0 Å². The lowest BCUT2D eigenvalue weighted by Gasteiger charge is -2.17. The van der Waals surface area contributed by atoms with Gasteiger partial charge in [-0.25, -0.2) is 8.42 Å². The molecule has 0 spiro atoms. The second-order valence-electron chi connectivity index (χ2n) is 12.6. The molecular formula is C35H43N9O5S. The summed E-state index contributed by atoms with van der Waals surface area (Å²) >= 11 is 0. The molecule has 0 atom stereocenters. The largest absolute Gasteiger partial charge is 0.377 e. The number of amides is 3. The maximum Gasteiger partial charge on any atom is 0.272 e. The van der Waals surface area contributed by atoms with Crippen LogP contribution in [0.4, 0.5) is 22.7 Å². The van der Waals surface area contributed by atoms with Gasteiger partial charge in [-0.3, -0.25) is 19.1 Å². The summed E-state index contributed by atoms with van der Waals surface area (Å²) in [6.07, 6.45) is 5.58. The summed E-state index contributed by atoms with van der Waals surface area (Å²) in [5, 5.41) is 9.86. The van der Waals surface area contributed by atoms with Crippen molar-refractivity contribution in [2.75, 3.05) is 61.5 Å². The van der Waals surface area contributed by atoms with E-state index in [0.29, 0.717) is 29.0 Å². The monoisotopic (exact) mass is 701 g/mol. The number of carbonyl (C=O) groups is 3. The van der Waals surface area contributed by atoms with Crippen molar-refractivity contribution in [3.05, 3.63) is 90.3 Å². The summed E-state index contributed by atoms with van der Waals surface area (Å²) in [7, 11) is 8.76. The number of anilines is 4. The van der Waals surface area contributed by atoms with Gasteiger partial charge in [-0.1, -0.05) is 24.3 Å². The van der Waals surface area contributed by atoms with Crippen molar-refractivity contribution in [1.82, 2.24) is 23.9 Å². The van der Waals surface area contributed by atoms with Crippen LogP contribution < -0.4 is 25.6 Å². The SMILES string of the molecule is CN(C)CCCNC(=O)c1cc(NC(=O)c2cc(NC(=O)c3cc(NS(=O)(=O)c4cccc5c(N(C)C)cccc45)cn3C)cn2C)cn1C. The van der Waals surface area contributed by atoms with Crippen LogP contribution in [0.1, 0.15) is 37.9 Å². The van der Waals surface area contributed by atoms with Gasteiger partial charge in [0, 0.05) is 76.8 Å². The average molecular weight is 702 g/mol. The number of hydrogen-bond acceptors (Lipinski definition) is 7. The van der Waals surface area contributed by atoms with Crippen LogP contribution in [0.5, 0.6) is 0 Å². The third-order valence-electron chi connectivity index (χ3n) is 8.18. The van der Waals surface area contributed by atoms with Gasteiger partial charge in [0.1, 0.15) is 17.1 Å². The molecule has 0 aliphatic carbocycles. The van der Waals surface area contributed by atoms with Crippen molar-refractivity contribution in [1.29, 1.82) is 0 Å². The summed E-state index contributed by atoms with van der Waals surface area (Å²) in [6, 6.07) is 15.2. The van der Waals surface area contributed by atoms with E-state index in [1.807, 2.05) is 56.2 Å². The van der Waals surface area contributed by atoms with Crippen molar-refractivity contribution in [2.24, 2.45) is 21.1 Å². The van der Waals surface area contributed by atoms with Gasteiger partial charge in [0.05, 0.1) is 22.0 Å². The van der Waals surface area contributed by atoms with Crippen LogP contribution in [0.3, 0.4) is 0 Å². The summed E-state index contributed by atoms with van der Waals surface area (Å²) in [4.78, 5) is 43.2. The summed E-state index contributed by atoms with van der Waals surface area (Å²) in [5.74, 6) is -1.17. The van der Waals surface area contributed by atoms with E-state index in [9.17, 15) is 22.8 Å². The highest BCUT2D eigenvalue weighted by atomic mass is 32.2. The van der Waals surface area contributed by atoms with Crippen LogP contribution in [0, 0.1) is 0 Å². The molecule has 3 heterocycles. The van der Waals surface area contributed by atoms with Gasteiger partial charge in [0.15, 0.2) is 0 Å². The number of aryl methyl sites for hydroxylation is 3. The topological polar surface area (TPSA) is 155 Å². The number of hydrogen-bond donors (Lipinski definition) is 4. The van der Waals surface area contributed by atoms with Gasteiger partial charge in [0.2, 0.25) is 0 Å². The maximum atomic E-state index is 13.5. The van der Waals surface area contributed by atoms with E-state index in [0.717, 1.165) is 24.0 Å². The van der Waals surface area contributed by atoms with Crippen molar-refractivity contribution >= 4 is 61.3 Å². The molecule has 0 radical (unpaired) electrons. The number of nitrogens with one attached hydrogen (secondary N) is 4. The molecule has 2 aromatic carbocycles. The molecule has 50 heavy (non-hydrogen) atoms. The number of benzene rings is 2. The zero-order chi connectivity index (χ0) is 36.3. The van der Waals surface area contributed by atoms with E-state index in [2.05, 4.69) is 20.7 Å². The maximum absolute atomic E-state index is 13.5. The molecule has 0 unspecified atom stereocenters. The number of fused-ring (bicyclic) bond motifs is 1. The fraction of sp³-hybridized carbons (Fsp3) is 0.286. The molecular weight excluding hydrogens is 659 g/mol. The first-order chi connectivity index (χ1) is 23.6. The second kappa shape index (κ2) is 14.5. The fourth-order valence-corrected chi connectivity index (χ4v) is 7.00. The van der Waals surface area contributed by atoms with E-state index in [1.54, 1.807) is 66.9 Å². The highest BCUT2D eigenvalue weighted by Gasteiger charge is 2.22. The highest BCUT2D eigenvalue weighted by molar-refractivity contribution is 7.93. The number of aromatic nitrogens is 3. The smallest absolute Gasteiger partial charge is 0.272 e. The summed E-state index contributed by atoms with van der Waals surface area (Å²) in [5.41, 5.74) is 2.79. The van der Waals surface area contributed by atoms with Crippen LogP contribution in [0.2, 0.25) is 0 Å². The van der Waals surface area contributed by atoms with Crippen molar-refractivity contribution in [2.45, 2.75) is 11.3 Å². The minimum atomic E-state index is -4.01. The zero-order valence-corrected chi connectivity index (χ0v) is 30.1. The van der Waals surface area contributed by atoms with E-state index in [1.165, 1.54) is 22.9 Å². The number of rotatable bonds is 13. The standard InChI is InChI=1S/C35H43N9O5S/c1-40(2)16-10-15-36-33(45)29-17-23(20-42(29)5)37-34(46)30-18-24(21-43(30)6)38-35(47)31-19-25(22-44(31)7)39-50(48,49)32-14-9-11-26-27(32)12-8-13-28(26)41(3)4/h8-9,11-14,17-22,39H,10,15-16H2,1-7H3,(H,36,45)(H,37,46)(H,38,47). The first kappa shape index (κ1) is 35.8. The molecule has 14 nitrogen and oxygen atoms in total. The molecule has 0 bridgehead atoms. The molecule has 0 fully saturated rings. The van der Waals surface area contributed by atoms with Gasteiger partial charge in [-0.2, -0.15) is 0 Å². The predicted molar refractivity (Wildman–Crippen MR) is 197 cm³/mol. The Morgan fingerprint density at radius 3 is 1.74 bits per heavy atom. The van der Waals surface area contributed by atoms with Gasteiger partial charge in [-0.15, -0.1) is 0 Å². The van der Waals surface area contributed by atoms with Crippen LogP contribution in [0.15, 0.2) is 78.1 Å². The Kier molecular flexibility index (Phi) is 10.4. The van der Waals surface area contributed by atoms with Crippen molar-refractivity contribution < 1.29 is 22.8 Å².